The standard InChI is InChI=1S/C12H24N2S2/c1-11(2)3-6-16-10-12(11,9-13)14-4-7-15-8-5-14/h3-10,13H2,1-2H3. The van der Waals surface area contributed by atoms with Gasteiger partial charge in [0.15, 0.2) is 0 Å². The second-order valence-corrected chi connectivity index (χ2v) is 7.85. The Kier molecular flexibility index (Phi) is 4.15. The predicted octanol–water partition coefficient (Wildman–Crippen LogP) is 1.90. The molecule has 2 fully saturated rings. The Labute approximate surface area is 108 Å². The zero-order valence-electron chi connectivity index (χ0n) is 10.5. The van der Waals surface area contributed by atoms with Gasteiger partial charge < -0.3 is 5.73 Å². The molecule has 0 aromatic carbocycles. The fourth-order valence-corrected chi connectivity index (χ4v) is 5.70. The van der Waals surface area contributed by atoms with Crippen molar-refractivity contribution in [1.29, 1.82) is 0 Å². The molecule has 2 aliphatic rings. The van der Waals surface area contributed by atoms with Gasteiger partial charge in [-0.05, 0) is 17.6 Å². The Balaban J connectivity index is 2.21. The van der Waals surface area contributed by atoms with Crippen LogP contribution in [0.4, 0.5) is 0 Å². The summed E-state index contributed by atoms with van der Waals surface area (Å²) in [5, 5.41) is 0. The van der Waals surface area contributed by atoms with Gasteiger partial charge in [0.05, 0.1) is 0 Å². The Bertz CT molecular complexity index is 239. The molecule has 0 radical (unpaired) electrons. The molecule has 0 amide bonds. The maximum Gasteiger partial charge on any atom is 0.0473 e. The van der Waals surface area contributed by atoms with E-state index in [-0.39, 0.29) is 5.54 Å². The van der Waals surface area contributed by atoms with Gasteiger partial charge in [0.1, 0.15) is 0 Å². The van der Waals surface area contributed by atoms with Crippen LogP contribution in [0.2, 0.25) is 0 Å². The van der Waals surface area contributed by atoms with Crippen LogP contribution in [0.5, 0.6) is 0 Å². The van der Waals surface area contributed by atoms with Crippen LogP contribution in [0.25, 0.3) is 0 Å². The van der Waals surface area contributed by atoms with Crippen molar-refractivity contribution in [3.63, 3.8) is 0 Å². The topological polar surface area (TPSA) is 29.3 Å². The van der Waals surface area contributed by atoms with Crippen molar-refractivity contribution in [2.24, 2.45) is 11.1 Å². The van der Waals surface area contributed by atoms with Gasteiger partial charge in [0.2, 0.25) is 0 Å². The Hall–Kier alpha value is 0.620. The number of rotatable bonds is 2. The Morgan fingerprint density at radius 2 is 1.81 bits per heavy atom. The van der Waals surface area contributed by atoms with Crippen LogP contribution in [0, 0.1) is 5.41 Å². The van der Waals surface area contributed by atoms with E-state index in [0.29, 0.717) is 5.41 Å². The largest absolute Gasteiger partial charge is 0.329 e. The highest BCUT2D eigenvalue weighted by Crippen LogP contribution is 2.46. The van der Waals surface area contributed by atoms with Crippen LogP contribution in [0.1, 0.15) is 20.3 Å². The van der Waals surface area contributed by atoms with E-state index in [4.69, 9.17) is 5.73 Å². The van der Waals surface area contributed by atoms with E-state index in [2.05, 4.69) is 42.3 Å². The van der Waals surface area contributed by atoms with Gasteiger partial charge in [-0.15, -0.1) is 0 Å². The Morgan fingerprint density at radius 1 is 1.12 bits per heavy atom. The molecule has 0 aromatic rings. The van der Waals surface area contributed by atoms with Crippen molar-refractivity contribution >= 4 is 23.5 Å². The lowest BCUT2D eigenvalue weighted by atomic mass is 9.69. The fraction of sp³-hybridized carbons (Fsp3) is 1.00. The Morgan fingerprint density at radius 3 is 2.38 bits per heavy atom. The number of hydrogen-bond donors (Lipinski definition) is 1. The molecular formula is C12H24N2S2. The van der Waals surface area contributed by atoms with E-state index < -0.39 is 0 Å². The van der Waals surface area contributed by atoms with Gasteiger partial charge in [0, 0.05) is 42.4 Å². The van der Waals surface area contributed by atoms with Crippen molar-refractivity contribution in [3.05, 3.63) is 0 Å². The molecule has 2 nitrogen and oxygen atoms in total. The van der Waals surface area contributed by atoms with E-state index >= 15 is 0 Å². The molecule has 2 saturated heterocycles. The van der Waals surface area contributed by atoms with E-state index in [1.54, 1.807) is 0 Å². The quantitative estimate of drug-likeness (QED) is 0.821. The molecule has 0 spiro atoms. The zero-order chi connectivity index (χ0) is 11.6. The van der Waals surface area contributed by atoms with Gasteiger partial charge in [-0.1, -0.05) is 13.8 Å². The molecule has 16 heavy (non-hydrogen) atoms. The minimum Gasteiger partial charge on any atom is -0.329 e. The first-order valence-corrected chi connectivity index (χ1v) is 8.54. The summed E-state index contributed by atoms with van der Waals surface area (Å²) in [5.74, 6) is 5.09. The highest BCUT2D eigenvalue weighted by atomic mass is 32.2. The van der Waals surface area contributed by atoms with Crippen LogP contribution in [-0.2, 0) is 0 Å². The molecule has 1 atom stereocenters. The van der Waals surface area contributed by atoms with Gasteiger partial charge in [-0.25, -0.2) is 0 Å². The summed E-state index contributed by atoms with van der Waals surface area (Å²) in [4.78, 5) is 2.69. The van der Waals surface area contributed by atoms with E-state index in [1.165, 1.54) is 42.5 Å². The number of hydrogen-bond acceptors (Lipinski definition) is 4. The van der Waals surface area contributed by atoms with Crippen LogP contribution in [0.3, 0.4) is 0 Å². The first-order valence-electron chi connectivity index (χ1n) is 6.23. The van der Waals surface area contributed by atoms with E-state index in [0.717, 1.165) is 6.54 Å². The van der Waals surface area contributed by atoms with Gasteiger partial charge >= 0.3 is 0 Å². The monoisotopic (exact) mass is 260 g/mol. The third-order valence-corrected chi connectivity index (χ3v) is 6.54. The van der Waals surface area contributed by atoms with Crippen LogP contribution < -0.4 is 5.73 Å². The maximum absolute atomic E-state index is 6.18. The normalized spacial score (nSPS) is 36.2. The minimum absolute atomic E-state index is 0.247. The number of thioether (sulfide) groups is 2. The van der Waals surface area contributed by atoms with Gasteiger partial charge in [-0.2, -0.15) is 23.5 Å². The van der Waals surface area contributed by atoms with Crippen LogP contribution in [0.15, 0.2) is 0 Å². The first-order chi connectivity index (χ1) is 7.62. The molecule has 0 aliphatic carbocycles. The fourth-order valence-electron chi connectivity index (χ4n) is 2.97. The summed E-state index contributed by atoms with van der Waals surface area (Å²) < 4.78 is 0. The molecule has 2 rings (SSSR count). The van der Waals surface area contributed by atoms with Gasteiger partial charge in [0.25, 0.3) is 0 Å². The summed E-state index contributed by atoms with van der Waals surface area (Å²) in [6.07, 6.45) is 1.30. The molecular weight excluding hydrogens is 236 g/mol. The van der Waals surface area contributed by atoms with Crippen molar-refractivity contribution in [1.82, 2.24) is 4.90 Å². The molecule has 0 saturated carbocycles. The summed E-state index contributed by atoms with van der Waals surface area (Å²) in [5.41, 5.74) is 6.80. The van der Waals surface area contributed by atoms with Gasteiger partial charge in [-0.3, -0.25) is 4.90 Å². The molecule has 2 aliphatic heterocycles. The van der Waals surface area contributed by atoms with E-state index in [9.17, 15) is 0 Å². The minimum atomic E-state index is 0.247. The average Bonchev–Trinajstić information content (AvgIpc) is 2.30. The predicted molar refractivity (Wildman–Crippen MR) is 76.4 cm³/mol. The lowest BCUT2D eigenvalue weighted by molar-refractivity contribution is 0.00829. The molecule has 4 heteroatoms. The smallest absolute Gasteiger partial charge is 0.0473 e. The molecule has 2 N–H and O–H groups in total. The highest BCUT2D eigenvalue weighted by molar-refractivity contribution is 7.99. The van der Waals surface area contributed by atoms with Crippen molar-refractivity contribution < 1.29 is 0 Å². The SMILES string of the molecule is CC1(C)CCSCC1(CN)N1CCSCC1. The number of nitrogens with zero attached hydrogens (tertiary/aromatic N) is 1. The molecule has 0 bridgehead atoms. The molecule has 0 aromatic heterocycles. The average molecular weight is 260 g/mol. The lowest BCUT2D eigenvalue weighted by Gasteiger charge is -2.56. The van der Waals surface area contributed by atoms with Crippen molar-refractivity contribution in [2.45, 2.75) is 25.8 Å². The highest BCUT2D eigenvalue weighted by Gasteiger charge is 2.49. The molecule has 94 valence electrons. The summed E-state index contributed by atoms with van der Waals surface area (Å²) in [6.45, 7) is 8.11. The lowest BCUT2D eigenvalue weighted by Crippen LogP contribution is -2.67. The van der Waals surface area contributed by atoms with Crippen molar-refractivity contribution in [3.8, 4) is 0 Å². The molecule has 2 heterocycles. The van der Waals surface area contributed by atoms with Crippen molar-refractivity contribution in [2.75, 3.05) is 42.6 Å². The van der Waals surface area contributed by atoms with Crippen LogP contribution in [-0.4, -0.2) is 53.1 Å². The van der Waals surface area contributed by atoms with Crippen LogP contribution >= 0.6 is 23.5 Å². The third kappa shape index (κ3) is 2.14. The second-order valence-electron chi connectivity index (χ2n) is 5.52. The summed E-state index contributed by atoms with van der Waals surface area (Å²) in [7, 11) is 0. The summed E-state index contributed by atoms with van der Waals surface area (Å²) in [6, 6.07) is 0. The maximum atomic E-state index is 6.18. The van der Waals surface area contributed by atoms with E-state index in [1.807, 2.05) is 0 Å². The third-order valence-electron chi connectivity index (χ3n) is 4.43. The molecule has 1 unspecified atom stereocenters. The first kappa shape index (κ1) is 13.1. The zero-order valence-corrected chi connectivity index (χ0v) is 12.1. The second kappa shape index (κ2) is 5.09. The summed E-state index contributed by atoms with van der Waals surface area (Å²) >= 11 is 4.18. The number of nitrogens with two attached hydrogens (primary N) is 1.